The molecule has 1 aromatic carbocycles. The van der Waals surface area contributed by atoms with Crippen molar-refractivity contribution in [3.8, 4) is 0 Å². The fraction of sp³-hybridized carbons (Fsp3) is 0.571. The number of nitrogens with zero attached hydrogens (tertiary/aromatic N) is 1. The molecule has 1 saturated heterocycles. The molecule has 1 saturated carbocycles. The van der Waals surface area contributed by atoms with Crippen LogP contribution in [0, 0.1) is 5.92 Å². The van der Waals surface area contributed by atoms with E-state index < -0.39 is 24.1 Å². The molecular weight excluding hydrogens is 360 g/mol. The van der Waals surface area contributed by atoms with Crippen LogP contribution in [0.5, 0.6) is 0 Å². The standard InChI is InChI=1S/C21H28N2O5/c24-19(23-13-7-12-17(23)20(25)26)18(16-10-5-2-6-11-16)22-21(27)28-14-15-8-3-1-4-9-15/h1,3-4,8-9,16-18H,2,5-7,10-14H2,(H,22,27)(H,25,26)/t17-,18?/m0/s1. The third-order valence-corrected chi connectivity index (χ3v) is 5.69. The third-order valence-electron chi connectivity index (χ3n) is 5.69. The van der Waals surface area contributed by atoms with Crippen molar-refractivity contribution in [1.29, 1.82) is 0 Å². The monoisotopic (exact) mass is 388 g/mol. The predicted molar refractivity (Wildman–Crippen MR) is 102 cm³/mol. The number of alkyl carbamates (subject to hydrolysis) is 1. The Labute approximate surface area is 165 Å². The summed E-state index contributed by atoms with van der Waals surface area (Å²) in [5.41, 5.74) is 0.865. The average molecular weight is 388 g/mol. The second-order valence-electron chi connectivity index (χ2n) is 7.61. The van der Waals surface area contributed by atoms with Crippen molar-refractivity contribution in [1.82, 2.24) is 10.2 Å². The highest BCUT2D eigenvalue weighted by Crippen LogP contribution is 2.29. The summed E-state index contributed by atoms with van der Waals surface area (Å²) in [4.78, 5) is 38.5. The fourth-order valence-corrected chi connectivity index (χ4v) is 4.21. The molecule has 1 aromatic rings. The molecule has 1 heterocycles. The molecule has 28 heavy (non-hydrogen) atoms. The van der Waals surface area contributed by atoms with Gasteiger partial charge in [0.25, 0.3) is 0 Å². The molecule has 2 aliphatic rings. The van der Waals surface area contributed by atoms with Crippen molar-refractivity contribution >= 4 is 18.0 Å². The van der Waals surface area contributed by atoms with E-state index in [4.69, 9.17) is 4.74 Å². The van der Waals surface area contributed by atoms with Gasteiger partial charge in [0.1, 0.15) is 18.7 Å². The number of nitrogens with one attached hydrogen (secondary N) is 1. The number of amides is 2. The molecule has 7 nitrogen and oxygen atoms in total. The number of carbonyl (C=O) groups excluding carboxylic acids is 2. The van der Waals surface area contributed by atoms with Gasteiger partial charge in [0, 0.05) is 6.54 Å². The minimum Gasteiger partial charge on any atom is -0.480 e. The molecule has 7 heteroatoms. The normalized spacial score (nSPS) is 21.1. The lowest BCUT2D eigenvalue weighted by molar-refractivity contribution is -0.149. The van der Waals surface area contributed by atoms with Crippen LogP contribution in [0.4, 0.5) is 4.79 Å². The van der Waals surface area contributed by atoms with Crippen molar-refractivity contribution in [3.63, 3.8) is 0 Å². The van der Waals surface area contributed by atoms with Crippen LogP contribution >= 0.6 is 0 Å². The number of likely N-dealkylation sites (tertiary alicyclic amines) is 1. The maximum absolute atomic E-state index is 13.2. The van der Waals surface area contributed by atoms with Crippen LogP contribution in [0.15, 0.2) is 30.3 Å². The van der Waals surface area contributed by atoms with Crippen molar-refractivity contribution in [2.45, 2.75) is 63.6 Å². The number of hydrogen-bond donors (Lipinski definition) is 2. The van der Waals surface area contributed by atoms with E-state index in [9.17, 15) is 19.5 Å². The van der Waals surface area contributed by atoms with Crippen LogP contribution in [0.2, 0.25) is 0 Å². The summed E-state index contributed by atoms with van der Waals surface area (Å²) < 4.78 is 5.30. The second kappa shape index (κ2) is 9.57. The smallest absolute Gasteiger partial charge is 0.408 e. The summed E-state index contributed by atoms with van der Waals surface area (Å²) in [7, 11) is 0. The highest BCUT2D eigenvalue weighted by molar-refractivity contribution is 5.90. The molecule has 2 amide bonds. The number of carboxylic acid groups (broad SMARTS) is 1. The van der Waals surface area contributed by atoms with Crippen LogP contribution in [-0.2, 0) is 20.9 Å². The summed E-state index contributed by atoms with van der Waals surface area (Å²) in [6.45, 7) is 0.541. The summed E-state index contributed by atoms with van der Waals surface area (Å²) >= 11 is 0. The maximum Gasteiger partial charge on any atom is 0.408 e. The van der Waals surface area contributed by atoms with Gasteiger partial charge in [-0.25, -0.2) is 9.59 Å². The highest BCUT2D eigenvalue weighted by Gasteiger charge is 2.40. The van der Waals surface area contributed by atoms with Gasteiger partial charge in [-0.05, 0) is 37.2 Å². The average Bonchev–Trinajstić information content (AvgIpc) is 3.22. The molecule has 0 aromatic heterocycles. The molecule has 2 fully saturated rings. The fourth-order valence-electron chi connectivity index (χ4n) is 4.21. The molecule has 152 valence electrons. The molecule has 1 aliphatic heterocycles. The molecular formula is C21H28N2O5. The van der Waals surface area contributed by atoms with Crippen molar-refractivity contribution in [2.75, 3.05) is 6.54 Å². The number of rotatable bonds is 6. The Morgan fingerprint density at radius 1 is 1.07 bits per heavy atom. The van der Waals surface area contributed by atoms with Gasteiger partial charge in [-0.2, -0.15) is 0 Å². The van der Waals surface area contributed by atoms with E-state index in [1.807, 2.05) is 30.3 Å². The van der Waals surface area contributed by atoms with Crippen LogP contribution in [0.3, 0.4) is 0 Å². The number of hydrogen-bond acceptors (Lipinski definition) is 4. The Hall–Kier alpha value is -2.57. The Balaban J connectivity index is 1.67. The minimum absolute atomic E-state index is 0.0144. The zero-order valence-electron chi connectivity index (χ0n) is 16.0. The molecule has 0 spiro atoms. The number of carboxylic acids is 1. The van der Waals surface area contributed by atoms with Gasteiger partial charge < -0.3 is 20.1 Å². The Kier molecular flexibility index (Phi) is 6.90. The molecule has 0 radical (unpaired) electrons. The van der Waals surface area contributed by atoms with E-state index in [0.29, 0.717) is 19.4 Å². The zero-order valence-corrected chi connectivity index (χ0v) is 16.0. The van der Waals surface area contributed by atoms with Crippen molar-refractivity contribution in [2.24, 2.45) is 5.92 Å². The van der Waals surface area contributed by atoms with Crippen molar-refractivity contribution < 1.29 is 24.2 Å². The van der Waals surface area contributed by atoms with E-state index in [-0.39, 0.29) is 18.4 Å². The first-order valence-electron chi connectivity index (χ1n) is 10.1. The van der Waals surface area contributed by atoms with Crippen LogP contribution in [-0.4, -0.2) is 46.6 Å². The SMILES string of the molecule is O=C(NC(C(=O)N1CCC[C@H]1C(=O)O)C1CCCCC1)OCc1ccccc1. The Morgan fingerprint density at radius 2 is 1.79 bits per heavy atom. The first kappa shape index (κ1) is 20.2. The Bertz CT molecular complexity index is 687. The van der Waals surface area contributed by atoms with Gasteiger partial charge in [-0.1, -0.05) is 49.6 Å². The molecule has 2 N–H and O–H groups in total. The summed E-state index contributed by atoms with van der Waals surface area (Å²) in [6.07, 6.45) is 5.32. The molecule has 1 unspecified atom stereocenters. The molecule has 3 rings (SSSR count). The van der Waals surface area contributed by atoms with E-state index >= 15 is 0 Å². The predicted octanol–water partition coefficient (Wildman–Crippen LogP) is 2.94. The first-order valence-corrected chi connectivity index (χ1v) is 10.1. The zero-order chi connectivity index (χ0) is 19.9. The minimum atomic E-state index is -0.986. The van der Waals surface area contributed by atoms with E-state index in [0.717, 1.165) is 37.7 Å². The summed E-state index contributed by atoms with van der Waals surface area (Å²) in [5, 5.41) is 12.2. The van der Waals surface area contributed by atoms with Gasteiger partial charge in [-0.3, -0.25) is 4.79 Å². The van der Waals surface area contributed by atoms with Gasteiger partial charge in [-0.15, -0.1) is 0 Å². The number of ether oxygens (including phenoxy) is 1. The van der Waals surface area contributed by atoms with Crippen molar-refractivity contribution in [3.05, 3.63) is 35.9 Å². The lowest BCUT2D eigenvalue weighted by Crippen LogP contribution is -2.55. The largest absolute Gasteiger partial charge is 0.480 e. The summed E-state index contributed by atoms with van der Waals surface area (Å²) in [6, 6.07) is 7.80. The van der Waals surface area contributed by atoms with Gasteiger partial charge >= 0.3 is 12.1 Å². The topological polar surface area (TPSA) is 95.9 Å². The van der Waals surface area contributed by atoms with Gasteiger partial charge in [0.15, 0.2) is 0 Å². The third kappa shape index (κ3) is 5.03. The number of aliphatic carboxylic acids is 1. The van der Waals surface area contributed by atoms with Crippen LogP contribution in [0.25, 0.3) is 0 Å². The van der Waals surface area contributed by atoms with Gasteiger partial charge in [0.05, 0.1) is 0 Å². The lowest BCUT2D eigenvalue weighted by Gasteiger charge is -2.33. The first-order chi connectivity index (χ1) is 13.6. The molecule has 2 atom stereocenters. The highest BCUT2D eigenvalue weighted by atomic mass is 16.5. The van der Waals surface area contributed by atoms with Crippen LogP contribution in [0.1, 0.15) is 50.5 Å². The van der Waals surface area contributed by atoms with E-state index in [1.54, 1.807) is 0 Å². The lowest BCUT2D eigenvalue weighted by atomic mass is 9.83. The second-order valence-corrected chi connectivity index (χ2v) is 7.61. The molecule has 1 aliphatic carbocycles. The number of carbonyl (C=O) groups is 3. The maximum atomic E-state index is 13.2. The quantitative estimate of drug-likeness (QED) is 0.781. The van der Waals surface area contributed by atoms with Gasteiger partial charge in [0.2, 0.25) is 5.91 Å². The van der Waals surface area contributed by atoms with Crippen LogP contribution < -0.4 is 5.32 Å². The summed E-state index contributed by atoms with van der Waals surface area (Å²) in [5.74, 6) is -1.27. The Morgan fingerprint density at radius 3 is 2.46 bits per heavy atom. The molecule has 0 bridgehead atoms. The van der Waals surface area contributed by atoms with E-state index in [1.165, 1.54) is 4.90 Å². The van der Waals surface area contributed by atoms with E-state index in [2.05, 4.69) is 5.32 Å². The number of benzene rings is 1.